The van der Waals surface area contributed by atoms with Crippen LogP contribution >= 0.6 is 0 Å². The monoisotopic (exact) mass is 268 g/mol. The van der Waals surface area contributed by atoms with Gasteiger partial charge in [0.15, 0.2) is 0 Å². The number of nitrogens with two attached hydrogens (primary N) is 1. The molecule has 0 amide bonds. The molecule has 4 heteroatoms. The number of alkyl halides is 2. The van der Waals surface area contributed by atoms with Gasteiger partial charge in [-0.3, -0.25) is 4.90 Å². The van der Waals surface area contributed by atoms with Crippen molar-refractivity contribution in [3.05, 3.63) is 35.9 Å². The highest BCUT2D eigenvalue weighted by atomic mass is 19.3. The van der Waals surface area contributed by atoms with Crippen LogP contribution in [0.25, 0.3) is 0 Å². The molecule has 1 aromatic rings. The number of benzene rings is 1. The molecule has 106 valence electrons. The van der Waals surface area contributed by atoms with Gasteiger partial charge in [0.1, 0.15) is 0 Å². The smallest absolute Gasteiger partial charge is 0.285 e. The van der Waals surface area contributed by atoms with Crippen molar-refractivity contribution < 1.29 is 8.78 Å². The van der Waals surface area contributed by atoms with Gasteiger partial charge >= 0.3 is 0 Å². The van der Waals surface area contributed by atoms with Gasteiger partial charge in [-0.25, -0.2) is 0 Å². The van der Waals surface area contributed by atoms with Crippen LogP contribution in [0.2, 0.25) is 0 Å². The fourth-order valence-corrected chi connectivity index (χ4v) is 3.08. The van der Waals surface area contributed by atoms with E-state index >= 15 is 0 Å². The zero-order valence-corrected chi connectivity index (χ0v) is 11.4. The van der Waals surface area contributed by atoms with Gasteiger partial charge in [0.2, 0.25) is 0 Å². The molecule has 0 spiro atoms. The first-order valence-corrected chi connectivity index (χ1v) is 6.88. The van der Waals surface area contributed by atoms with E-state index in [4.69, 9.17) is 5.73 Å². The number of likely N-dealkylation sites (N-methyl/N-ethyl adjacent to an activating group) is 1. The Bertz CT molecular complexity index is 394. The molecule has 1 aromatic carbocycles. The second-order valence-electron chi connectivity index (χ2n) is 5.48. The maximum Gasteiger partial charge on any atom is 0.285 e. The molecule has 1 aliphatic rings. The molecule has 0 saturated heterocycles. The highest BCUT2D eigenvalue weighted by Gasteiger charge is 2.37. The number of nitrogens with zero attached hydrogens (tertiary/aromatic N) is 1. The molecule has 1 aliphatic carbocycles. The number of hydrogen-bond acceptors (Lipinski definition) is 2. The minimum absolute atomic E-state index is 0.0872. The fourth-order valence-electron chi connectivity index (χ4n) is 3.08. The topological polar surface area (TPSA) is 29.3 Å². The largest absolute Gasteiger partial charge is 0.330 e. The maximum absolute atomic E-state index is 14.2. The van der Waals surface area contributed by atoms with Crippen molar-refractivity contribution in [2.45, 2.75) is 31.2 Å². The van der Waals surface area contributed by atoms with E-state index in [9.17, 15) is 8.78 Å². The number of rotatable bonds is 5. The summed E-state index contributed by atoms with van der Waals surface area (Å²) >= 11 is 0. The molecule has 0 aromatic heterocycles. The molecular formula is C15H22F2N2. The van der Waals surface area contributed by atoms with Crippen LogP contribution in [-0.2, 0) is 5.92 Å². The maximum atomic E-state index is 14.2. The zero-order valence-electron chi connectivity index (χ0n) is 11.4. The highest BCUT2D eigenvalue weighted by molar-refractivity contribution is 5.20. The third-order valence-corrected chi connectivity index (χ3v) is 4.13. The number of halogens is 2. The van der Waals surface area contributed by atoms with E-state index in [1.807, 2.05) is 0 Å². The van der Waals surface area contributed by atoms with Gasteiger partial charge in [-0.2, -0.15) is 8.78 Å². The van der Waals surface area contributed by atoms with E-state index in [0.717, 1.165) is 19.3 Å². The van der Waals surface area contributed by atoms with Crippen LogP contribution in [0.15, 0.2) is 30.3 Å². The Morgan fingerprint density at radius 3 is 2.58 bits per heavy atom. The lowest BCUT2D eigenvalue weighted by Gasteiger charge is -2.32. The molecule has 0 aliphatic heterocycles. The molecule has 2 N–H and O–H groups in total. The van der Waals surface area contributed by atoms with Gasteiger partial charge in [-0.1, -0.05) is 36.8 Å². The van der Waals surface area contributed by atoms with Gasteiger partial charge in [0.25, 0.3) is 5.92 Å². The summed E-state index contributed by atoms with van der Waals surface area (Å²) < 4.78 is 28.4. The first-order valence-electron chi connectivity index (χ1n) is 6.88. The second kappa shape index (κ2) is 5.97. The van der Waals surface area contributed by atoms with Crippen LogP contribution in [0, 0.1) is 5.92 Å². The molecule has 2 nitrogen and oxygen atoms in total. The van der Waals surface area contributed by atoms with Gasteiger partial charge in [-0.05, 0) is 32.4 Å². The Kier molecular flexibility index (Phi) is 4.53. The average Bonchev–Trinajstić information content (AvgIpc) is 2.87. The van der Waals surface area contributed by atoms with Crippen molar-refractivity contribution in [1.82, 2.24) is 4.90 Å². The summed E-state index contributed by atoms with van der Waals surface area (Å²) in [5.74, 6) is -2.45. The zero-order chi connectivity index (χ0) is 13.9. The normalized spacial score (nSPS) is 24.1. The quantitative estimate of drug-likeness (QED) is 0.889. The Morgan fingerprint density at radius 1 is 1.26 bits per heavy atom. The third kappa shape index (κ3) is 3.31. The molecule has 2 atom stereocenters. The van der Waals surface area contributed by atoms with E-state index in [-0.39, 0.29) is 18.2 Å². The minimum Gasteiger partial charge on any atom is -0.330 e. The van der Waals surface area contributed by atoms with E-state index in [0.29, 0.717) is 12.5 Å². The van der Waals surface area contributed by atoms with Gasteiger partial charge in [0.05, 0.1) is 6.54 Å². The summed E-state index contributed by atoms with van der Waals surface area (Å²) in [6, 6.07) is 8.24. The third-order valence-electron chi connectivity index (χ3n) is 4.13. The molecule has 1 saturated carbocycles. The lowest BCUT2D eigenvalue weighted by atomic mass is 10.0. The van der Waals surface area contributed by atoms with Crippen molar-refractivity contribution in [3.63, 3.8) is 0 Å². The van der Waals surface area contributed by atoms with E-state index < -0.39 is 5.92 Å². The van der Waals surface area contributed by atoms with Crippen LogP contribution in [0.4, 0.5) is 8.78 Å². The predicted molar refractivity (Wildman–Crippen MR) is 73.1 cm³/mol. The van der Waals surface area contributed by atoms with E-state index in [1.54, 1.807) is 30.1 Å². The summed E-state index contributed by atoms with van der Waals surface area (Å²) in [6.07, 6.45) is 3.12. The Balaban J connectivity index is 2.03. The number of hydrogen-bond donors (Lipinski definition) is 1. The van der Waals surface area contributed by atoms with Crippen LogP contribution in [-0.4, -0.2) is 31.1 Å². The minimum atomic E-state index is -2.81. The van der Waals surface area contributed by atoms with Gasteiger partial charge in [-0.15, -0.1) is 0 Å². The summed E-state index contributed by atoms with van der Waals surface area (Å²) in [6.45, 7) is 0.351. The van der Waals surface area contributed by atoms with Crippen LogP contribution in [0.3, 0.4) is 0 Å². The Morgan fingerprint density at radius 2 is 1.95 bits per heavy atom. The van der Waals surface area contributed by atoms with E-state index in [1.165, 1.54) is 12.1 Å². The lowest BCUT2D eigenvalue weighted by molar-refractivity contribution is -0.0441. The molecular weight excluding hydrogens is 246 g/mol. The molecule has 2 rings (SSSR count). The van der Waals surface area contributed by atoms with Crippen molar-refractivity contribution in [3.8, 4) is 0 Å². The highest BCUT2D eigenvalue weighted by Crippen LogP contribution is 2.33. The predicted octanol–water partition coefficient (Wildman–Crippen LogP) is 2.84. The summed E-state index contributed by atoms with van der Waals surface area (Å²) in [5.41, 5.74) is 5.81. The average molecular weight is 268 g/mol. The first-order chi connectivity index (χ1) is 9.04. The summed E-state index contributed by atoms with van der Waals surface area (Å²) in [5, 5.41) is 0. The van der Waals surface area contributed by atoms with Crippen LogP contribution < -0.4 is 5.73 Å². The van der Waals surface area contributed by atoms with Crippen molar-refractivity contribution >= 4 is 0 Å². The van der Waals surface area contributed by atoms with Crippen molar-refractivity contribution in [1.29, 1.82) is 0 Å². The summed E-state index contributed by atoms with van der Waals surface area (Å²) in [4.78, 5) is 1.79. The Labute approximate surface area is 113 Å². The summed E-state index contributed by atoms with van der Waals surface area (Å²) in [7, 11) is 1.79. The molecule has 2 unspecified atom stereocenters. The van der Waals surface area contributed by atoms with Crippen LogP contribution in [0.5, 0.6) is 0 Å². The molecule has 0 bridgehead atoms. The standard InChI is InChI=1S/C15H22F2N2/c1-19(14-9-5-6-12(14)10-18)11-15(16,17)13-7-3-2-4-8-13/h2-4,7-8,12,14H,5-6,9-11,18H2,1H3. The molecule has 19 heavy (non-hydrogen) atoms. The molecule has 0 heterocycles. The van der Waals surface area contributed by atoms with E-state index in [2.05, 4.69) is 0 Å². The van der Waals surface area contributed by atoms with Crippen molar-refractivity contribution in [2.24, 2.45) is 11.7 Å². The molecule has 0 radical (unpaired) electrons. The fraction of sp³-hybridized carbons (Fsp3) is 0.600. The van der Waals surface area contributed by atoms with Gasteiger partial charge < -0.3 is 5.73 Å². The Hall–Kier alpha value is -1.00. The second-order valence-corrected chi connectivity index (χ2v) is 5.48. The SMILES string of the molecule is CN(CC(F)(F)c1ccccc1)C1CCCC1CN. The molecule has 1 fully saturated rings. The first kappa shape index (κ1) is 14.4. The van der Waals surface area contributed by atoms with Crippen LogP contribution in [0.1, 0.15) is 24.8 Å². The lowest BCUT2D eigenvalue weighted by Crippen LogP contribution is -2.43. The van der Waals surface area contributed by atoms with Crippen molar-refractivity contribution in [2.75, 3.05) is 20.1 Å². The van der Waals surface area contributed by atoms with Gasteiger partial charge in [0, 0.05) is 11.6 Å².